The molecule has 2 N–H and O–H groups in total. The summed E-state index contributed by atoms with van der Waals surface area (Å²) in [6.07, 6.45) is 8.66. The summed E-state index contributed by atoms with van der Waals surface area (Å²) in [6.45, 7) is 5.76. The van der Waals surface area contributed by atoms with E-state index in [9.17, 15) is 0 Å². The van der Waals surface area contributed by atoms with Crippen LogP contribution in [0.5, 0.6) is 0 Å². The fourth-order valence-electron chi connectivity index (χ4n) is 4.08. The summed E-state index contributed by atoms with van der Waals surface area (Å²) in [6, 6.07) is 6.39. The molecule has 2 fully saturated rings. The molecular weight excluding hydrogens is 276 g/mol. The standard InChI is InChI=1S/C18H26N2S/c1-14-12-15(17(19)21)4-5-16(14)13-20-10-8-18(9-11-20)6-2-3-7-18/h4-5,12H,2-3,6-11,13H2,1H3,(H2,19,21). The second kappa shape index (κ2) is 6.05. The van der Waals surface area contributed by atoms with Crippen LogP contribution in [0, 0.1) is 12.3 Å². The predicted molar refractivity (Wildman–Crippen MR) is 92.5 cm³/mol. The van der Waals surface area contributed by atoms with Gasteiger partial charge in [-0.3, -0.25) is 4.90 Å². The van der Waals surface area contributed by atoms with Crippen LogP contribution < -0.4 is 5.73 Å². The van der Waals surface area contributed by atoms with Crippen LogP contribution in [0.3, 0.4) is 0 Å². The van der Waals surface area contributed by atoms with Crippen LogP contribution in [0.15, 0.2) is 18.2 Å². The number of nitrogens with zero attached hydrogens (tertiary/aromatic N) is 1. The van der Waals surface area contributed by atoms with E-state index < -0.39 is 0 Å². The normalized spacial score (nSPS) is 21.8. The summed E-state index contributed by atoms with van der Waals surface area (Å²) in [4.78, 5) is 3.11. The molecule has 21 heavy (non-hydrogen) atoms. The Morgan fingerprint density at radius 3 is 2.43 bits per heavy atom. The Bertz CT molecular complexity index is 522. The zero-order valence-electron chi connectivity index (χ0n) is 13.0. The molecule has 3 heteroatoms. The average molecular weight is 302 g/mol. The second-order valence-electron chi connectivity index (χ2n) is 6.99. The Balaban J connectivity index is 1.61. The number of hydrogen-bond acceptors (Lipinski definition) is 2. The van der Waals surface area contributed by atoms with Gasteiger partial charge in [0, 0.05) is 12.1 Å². The lowest BCUT2D eigenvalue weighted by Gasteiger charge is -2.39. The van der Waals surface area contributed by atoms with Gasteiger partial charge in [0.1, 0.15) is 4.99 Å². The Kier molecular flexibility index (Phi) is 4.32. The molecule has 0 radical (unpaired) electrons. The van der Waals surface area contributed by atoms with Crippen molar-refractivity contribution in [3.8, 4) is 0 Å². The van der Waals surface area contributed by atoms with Gasteiger partial charge in [-0.2, -0.15) is 0 Å². The van der Waals surface area contributed by atoms with Gasteiger partial charge in [0.2, 0.25) is 0 Å². The van der Waals surface area contributed by atoms with E-state index in [-0.39, 0.29) is 0 Å². The first kappa shape index (κ1) is 15.0. The SMILES string of the molecule is Cc1cc(C(N)=S)ccc1CN1CCC2(CCCC2)CC1. The van der Waals surface area contributed by atoms with Gasteiger partial charge in [-0.1, -0.05) is 37.2 Å². The third-order valence-corrected chi connectivity index (χ3v) is 5.84. The van der Waals surface area contributed by atoms with Crippen molar-refractivity contribution in [2.75, 3.05) is 13.1 Å². The Morgan fingerprint density at radius 2 is 1.86 bits per heavy atom. The third kappa shape index (κ3) is 3.29. The number of piperidine rings is 1. The van der Waals surface area contributed by atoms with E-state index in [1.54, 1.807) is 0 Å². The zero-order chi connectivity index (χ0) is 14.9. The van der Waals surface area contributed by atoms with Crippen LogP contribution in [-0.4, -0.2) is 23.0 Å². The predicted octanol–water partition coefficient (Wildman–Crippen LogP) is 3.79. The number of aryl methyl sites for hydroxylation is 1. The quantitative estimate of drug-likeness (QED) is 0.862. The number of rotatable bonds is 3. The summed E-state index contributed by atoms with van der Waals surface area (Å²) in [7, 11) is 0. The van der Waals surface area contributed by atoms with E-state index in [1.165, 1.54) is 62.7 Å². The third-order valence-electron chi connectivity index (χ3n) is 5.60. The van der Waals surface area contributed by atoms with Gasteiger partial charge in [-0.05, 0) is 68.3 Å². The van der Waals surface area contributed by atoms with Crippen LogP contribution in [0.4, 0.5) is 0 Å². The van der Waals surface area contributed by atoms with Crippen molar-refractivity contribution in [1.29, 1.82) is 0 Å². The van der Waals surface area contributed by atoms with Crippen molar-refractivity contribution < 1.29 is 0 Å². The molecule has 1 spiro atoms. The Hall–Kier alpha value is -0.930. The van der Waals surface area contributed by atoms with Crippen molar-refractivity contribution in [1.82, 2.24) is 4.90 Å². The number of thiocarbonyl (C=S) groups is 1. The van der Waals surface area contributed by atoms with E-state index in [0.29, 0.717) is 10.4 Å². The molecule has 114 valence electrons. The maximum absolute atomic E-state index is 5.70. The molecule has 1 aromatic rings. The van der Waals surface area contributed by atoms with Crippen LogP contribution in [-0.2, 0) is 6.54 Å². The first-order chi connectivity index (χ1) is 10.1. The van der Waals surface area contributed by atoms with E-state index in [1.807, 2.05) is 0 Å². The first-order valence-electron chi connectivity index (χ1n) is 8.20. The largest absolute Gasteiger partial charge is 0.389 e. The molecular formula is C18H26N2S. The molecule has 1 heterocycles. The number of likely N-dealkylation sites (tertiary alicyclic amines) is 1. The molecule has 0 amide bonds. The fraction of sp³-hybridized carbons (Fsp3) is 0.611. The van der Waals surface area contributed by atoms with E-state index in [4.69, 9.17) is 18.0 Å². The second-order valence-corrected chi connectivity index (χ2v) is 7.43. The van der Waals surface area contributed by atoms with Gasteiger partial charge in [0.25, 0.3) is 0 Å². The van der Waals surface area contributed by atoms with Crippen LogP contribution >= 0.6 is 12.2 Å². The zero-order valence-corrected chi connectivity index (χ0v) is 13.8. The van der Waals surface area contributed by atoms with Gasteiger partial charge >= 0.3 is 0 Å². The van der Waals surface area contributed by atoms with Crippen LogP contribution in [0.1, 0.15) is 55.2 Å². The number of benzene rings is 1. The lowest BCUT2D eigenvalue weighted by Crippen LogP contribution is -2.38. The molecule has 2 nitrogen and oxygen atoms in total. The van der Waals surface area contributed by atoms with Crippen molar-refractivity contribution in [2.45, 2.75) is 52.0 Å². The molecule has 1 aromatic carbocycles. The molecule has 1 saturated heterocycles. The molecule has 2 aliphatic rings. The summed E-state index contributed by atoms with van der Waals surface area (Å²) < 4.78 is 0. The first-order valence-corrected chi connectivity index (χ1v) is 8.61. The highest BCUT2D eigenvalue weighted by Gasteiger charge is 2.36. The average Bonchev–Trinajstić information content (AvgIpc) is 2.92. The highest BCUT2D eigenvalue weighted by Crippen LogP contribution is 2.46. The highest BCUT2D eigenvalue weighted by atomic mass is 32.1. The summed E-state index contributed by atoms with van der Waals surface area (Å²) in [5, 5.41) is 0. The molecule has 3 rings (SSSR count). The molecule has 1 aliphatic carbocycles. The van der Waals surface area contributed by atoms with Crippen molar-refractivity contribution in [3.05, 3.63) is 34.9 Å². The molecule has 0 unspecified atom stereocenters. The van der Waals surface area contributed by atoms with Crippen LogP contribution in [0.25, 0.3) is 0 Å². The van der Waals surface area contributed by atoms with Gasteiger partial charge in [0.15, 0.2) is 0 Å². The summed E-state index contributed by atoms with van der Waals surface area (Å²) in [5.41, 5.74) is 10.1. The van der Waals surface area contributed by atoms with Gasteiger partial charge in [-0.15, -0.1) is 0 Å². The lowest BCUT2D eigenvalue weighted by atomic mass is 9.77. The molecule has 1 aliphatic heterocycles. The summed E-state index contributed by atoms with van der Waals surface area (Å²) >= 11 is 5.05. The molecule has 0 atom stereocenters. The molecule has 0 bridgehead atoms. The number of hydrogen-bond donors (Lipinski definition) is 1. The van der Waals surface area contributed by atoms with Gasteiger partial charge in [0.05, 0.1) is 0 Å². The van der Waals surface area contributed by atoms with E-state index >= 15 is 0 Å². The van der Waals surface area contributed by atoms with Gasteiger partial charge < -0.3 is 5.73 Å². The Morgan fingerprint density at radius 1 is 1.19 bits per heavy atom. The minimum Gasteiger partial charge on any atom is -0.389 e. The van der Waals surface area contributed by atoms with Crippen LogP contribution in [0.2, 0.25) is 0 Å². The monoisotopic (exact) mass is 302 g/mol. The number of nitrogens with two attached hydrogens (primary N) is 1. The van der Waals surface area contributed by atoms with Gasteiger partial charge in [-0.25, -0.2) is 0 Å². The summed E-state index contributed by atoms with van der Waals surface area (Å²) in [5.74, 6) is 0. The highest BCUT2D eigenvalue weighted by molar-refractivity contribution is 7.80. The fourth-order valence-corrected chi connectivity index (χ4v) is 4.20. The topological polar surface area (TPSA) is 29.3 Å². The molecule has 0 aromatic heterocycles. The maximum Gasteiger partial charge on any atom is 0.103 e. The van der Waals surface area contributed by atoms with Crippen molar-refractivity contribution in [2.24, 2.45) is 11.1 Å². The van der Waals surface area contributed by atoms with E-state index in [2.05, 4.69) is 30.0 Å². The van der Waals surface area contributed by atoms with E-state index in [0.717, 1.165) is 12.1 Å². The van der Waals surface area contributed by atoms with Crippen molar-refractivity contribution >= 4 is 17.2 Å². The Labute approximate surface area is 133 Å². The smallest absolute Gasteiger partial charge is 0.103 e. The minimum absolute atomic E-state index is 0.491. The maximum atomic E-state index is 5.70. The molecule has 1 saturated carbocycles. The minimum atomic E-state index is 0.491. The van der Waals surface area contributed by atoms with Crippen molar-refractivity contribution in [3.63, 3.8) is 0 Å². The lowest BCUT2D eigenvalue weighted by molar-refractivity contribution is 0.103.